The first-order valence-corrected chi connectivity index (χ1v) is 24.6. The van der Waals surface area contributed by atoms with Crippen LogP contribution in [0.3, 0.4) is 0 Å². The van der Waals surface area contributed by atoms with Crippen LogP contribution in [-0.4, -0.2) is 59.9 Å². The highest BCUT2D eigenvalue weighted by atomic mass is 31.2. The lowest BCUT2D eigenvalue weighted by Gasteiger charge is -2.20. The molecule has 0 saturated carbocycles. The molecule has 56 heavy (non-hydrogen) atoms. The van der Waals surface area contributed by atoms with Gasteiger partial charge in [0.25, 0.3) is 0 Å². The number of phosphoric acid groups is 1. The molecule has 0 fully saturated rings. The Morgan fingerprint density at radius 2 is 0.786 bits per heavy atom. The molecule has 3 unspecified atom stereocenters. The number of ether oxygens (including phenoxy) is 2. The zero-order valence-electron chi connectivity index (χ0n) is 36.0. The van der Waals surface area contributed by atoms with Crippen LogP contribution >= 0.6 is 7.82 Å². The van der Waals surface area contributed by atoms with Crippen LogP contribution in [0.25, 0.3) is 0 Å². The number of aliphatic carboxylic acids is 1. The summed E-state index contributed by atoms with van der Waals surface area (Å²) in [6, 6.07) is -1.52. The van der Waals surface area contributed by atoms with E-state index in [2.05, 4.69) is 18.4 Å². The number of carbonyl (C=O) groups excluding carboxylic acids is 2. The monoisotopic (exact) mass is 820 g/mol. The van der Waals surface area contributed by atoms with E-state index in [9.17, 15) is 23.8 Å². The number of phosphoric ester groups is 1. The minimum Gasteiger partial charge on any atom is -0.480 e. The van der Waals surface area contributed by atoms with Gasteiger partial charge in [0.1, 0.15) is 12.6 Å². The Balaban J connectivity index is 4.25. The zero-order chi connectivity index (χ0) is 41.4. The largest absolute Gasteiger partial charge is 0.480 e. The van der Waals surface area contributed by atoms with Crippen molar-refractivity contribution in [2.24, 2.45) is 5.73 Å². The van der Waals surface area contributed by atoms with Gasteiger partial charge in [-0.1, -0.05) is 206 Å². The molecule has 332 valence electrons. The summed E-state index contributed by atoms with van der Waals surface area (Å²) in [5, 5.41) is 8.89. The number of carbonyl (C=O) groups is 3. The normalized spacial score (nSPS) is 13.6. The molecule has 4 N–H and O–H groups in total. The van der Waals surface area contributed by atoms with E-state index in [4.69, 9.17) is 24.8 Å². The summed E-state index contributed by atoms with van der Waals surface area (Å²) in [7, 11) is -4.71. The van der Waals surface area contributed by atoms with E-state index in [0.29, 0.717) is 12.8 Å². The number of hydrogen-bond acceptors (Lipinski definition) is 9. The summed E-state index contributed by atoms with van der Waals surface area (Å²) < 4.78 is 32.7. The number of carboxylic acids is 1. The number of esters is 2. The molecule has 0 spiro atoms. The summed E-state index contributed by atoms with van der Waals surface area (Å²) in [5.41, 5.74) is 5.34. The van der Waals surface area contributed by atoms with Gasteiger partial charge in [0.15, 0.2) is 6.10 Å². The van der Waals surface area contributed by atoms with Crippen molar-refractivity contribution in [3.05, 3.63) is 0 Å². The van der Waals surface area contributed by atoms with Gasteiger partial charge in [0.2, 0.25) is 0 Å². The third kappa shape index (κ3) is 39.3. The van der Waals surface area contributed by atoms with Gasteiger partial charge < -0.3 is 25.2 Å². The van der Waals surface area contributed by atoms with Crippen LogP contribution in [0.4, 0.5) is 0 Å². The standard InChI is InChI=1S/C44H86NO10P/c1-3-5-7-9-11-13-15-17-18-19-20-21-22-24-26-28-30-32-34-36-43(47)55-40(38-53-56(50,51)54-39-41(45)44(48)49)37-52-42(46)35-33-31-29-27-25-23-16-14-12-10-8-6-4-2/h40-41H,3-39,45H2,1-2H3,(H,48,49)(H,50,51). The molecule has 3 atom stereocenters. The third-order valence-electron chi connectivity index (χ3n) is 10.4. The van der Waals surface area contributed by atoms with Crippen molar-refractivity contribution in [2.75, 3.05) is 19.8 Å². The second kappa shape index (κ2) is 40.3. The van der Waals surface area contributed by atoms with Gasteiger partial charge in [-0.2, -0.15) is 0 Å². The molecule has 0 saturated heterocycles. The van der Waals surface area contributed by atoms with Gasteiger partial charge in [-0.25, -0.2) is 4.57 Å². The van der Waals surface area contributed by atoms with Crippen molar-refractivity contribution < 1.29 is 47.5 Å². The Hall–Kier alpha value is -1.52. The van der Waals surface area contributed by atoms with Crippen LogP contribution in [-0.2, 0) is 37.5 Å². The minimum absolute atomic E-state index is 0.170. The van der Waals surface area contributed by atoms with Gasteiger partial charge in [0, 0.05) is 12.8 Å². The second-order valence-electron chi connectivity index (χ2n) is 15.9. The first-order chi connectivity index (χ1) is 27.1. The van der Waals surface area contributed by atoms with Crippen molar-refractivity contribution in [3.8, 4) is 0 Å². The quantitative estimate of drug-likeness (QED) is 0.0303. The van der Waals surface area contributed by atoms with Gasteiger partial charge in [-0.3, -0.25) is 23.4 Å². The molecular weight excluding hydrogens is 733 g/mol. The van der Waals surface area contributed by atoms with Gasteiger partial charge in [-0.05, 0) is 12.8 Å². The maximum Gasteiger partial charge on any atom is 0.472 e. The molecule has 0 radical (unpaired) electrons. The highest BCUT2D eigenvalue weighted by Gasteiger charge is 2.28. The number of rotatable bonds is 44. The van der Waals surface area contributed by atoms with E-state index in [1.807, 2.05) is 0 Å². The lowest BCUT2D eigenvalue weighted by atomic mass is 10.0. The average molecular weight is 820 g/mol. The Morgan fingerprint density at radius 3 is 1.12 bits per heavy atom. The van der Waals surface area contributed by atoms with Crippen molar-refractivity contribution >= 4 is 25.7 Å². The fourth-order valence-electron chi connectivity index (χ4n) is 6.71. The van der Waals surface area contributed by atoms with Crippen LogP contribution in [0, 0.1) is 0 Å². The van der Waals surface area contributed by atoms with Crippen LogP contribution in [0.1, 0.15) is 232 Å². The lowest BCUT2D eigenvalue weighted by molar-refractivity contribution is -0.161. The Labute approximate surface area is 342 Å². The van der Waals surface area contributed by atoms with Crippen molar-refractivity contribution in [1.82, 2.24) is 0 Å². The lowest BCUT2D eigenvalue weighted by Crippen LogP contribution is -2.34. The topological polar surface area (TPSA) is 172 Å². The van der Waals surface area contributed by atoms with Crippen molar-refractivity contribution in [2.45, 2.75) is 244 Å². The maximum atomic E-state index is 12.6. The van der Waals surface area contributed by atoms with E-state index in [1.54, 1.807) is 0 Å². The molecule has 0 aromatic rings. The van der Waals surface area contributed by atoms with Crippen LogP contribution in [0.15, 0.2) is 0 Å². The second-order valence-corrected chi connectivity index (χ2v) is 17.4. The maximum absolute atomic E-state index is 12.6. The molecular formula is C44H86NO10P. The van der Waals surface area contributed by atoms with E-state index in [0.717, 1.165) is 38.5 Å². The van der Waals surface area contributed by atoms with E-state index in [1.165, 1.54) is 154 Å². The number of nitrogens with two attached hydrogens (primary N) is 1. The molecule has 0 aliphatic rings. The average Bonchev–Trinajstić information content (AvgIpc) is 3.17. The van der Waals surface area contributed by atoms with Gasteiger partial charge >= 0.3 is 25.7 Å². The Kier molecular flexibility index (Phi) is 39.2. The fraction of sp³-hybridized carbons (Fsp3) is 0.932. The summed E-state index contributed by atoms with van der Waals surface area (Å²) >= 11 is 0. The van der Waals surface area contributed by atoms with Gasteiger partial charge in [0.05, 0.1) is 13.2 Å². The molecule has 0 amide bonds. The zero-order valence-corrected chi connectivity index (χ0v) is 36.9. The number of unbranched alkanes of at least 4 members (excludes halogenated alkanes) is 30. The predicted molar refractivity (Wildman–Crippen MR) is 227 cm³/mol. The molecule has 0 rings (SSSR count). The Morgan fingerprint density at radius 1 is 0.482 bits per heavy atom. The SMILES string of the molecule is CCCCCCCCCCCCCCCCCCCCCC(=O)OC(COC(=O)CCCCCCCCCCCCCCC)COP(=O)(O)OCC(N)C(=O)O. The fourth-order valence-corrected chi connectivity index (χ4v) is 7.49. The van der Waals surface area contributed by atoms with Crippen LogP contribution < -0.4 is 5.73 Å². The summed E-state index contributed by atoms with van der Waals surface area (Å²) in [4.78, 5) is 46.0. The first kappa shape index (κ1) is 54.5. The smallest absolute Gasteiger partial charge is 0.472 e. The molecule has 0 aromatic carbocycles. The minimum atomic E-state index is -4.71. The van der Waals surface area contributed by atoms with Gasteiger partial charge in [-0.15, -0.1) is 0 Å². The molecule has 0 heterocycles. The highest BCUT2D eigenvalue weighted by Crippen LogP contribution is 2.43. The molecule has 11 nitrogen and oxygen atoms in total. The summed E-state index contributed by atoms with van der Waals surface area (Å²) in [6.07, 6.45) is 38.8. The van der Waals surface area contributed by atoms with Crippen molar-refractivity contribution in [1.29, 1.82) is 0 Å². The molecule has 0 aliphatic carbocycles. The highest BCUT2D eigenvalue weighted by molar-refractivity contribution is 7.47. The van der Waals surface area contributed by atoms with Crippen molar-refractivity contribution in [3.63, 3.8) is 0 Å². The Bertz CT molecular complexity index is 968. The first-order valence-electron chi connectivity index (χ1n) is 23.1. The van der Waals surface area contributed by atoms with E-state index < -0.39 is 51.1 Å². The van der Waals surface area contributed by atoms with Crippen LogP contribution in [0.2, 0.25) is 0 Å². The van der Waals surface area contributed by atoms with Crippen LogP contribution in [0.5, 0.6) is 0 Å². The van der Waals surface area contributed by atoms with E-state index in [-0.39, 0.29) is 19.4 Å². The molecule has 0 aromatic heterocycles. The summed E-state index contributed by atoms with van der Waals surface area (Å²) in [6.45, 7) is 2.84. The third-order valence-corrected chi connectivity index (χ3v) is 11.3. The molecule has 0 aliphatic heterocycles. The van der Waals surface area contributed by atoms with E-state index >= 15 is 0 Å². The number of carboxylic acid groups (broad SMARTS) is 1. The molecule has 12 heteroatoms. The number of hydrogen-bond donors (Lipinski definition) is 3. The predicted octanol–water partition coefficient (Wildman–Crippen LogP) is 12.3. The molecule has 0 bridgehead atoms. The summed E-state index contributed by atoms with van der Waals surface area (Å²) in [5.74, 6) is -2.36.